The third-order valence-corrected chi connectivity index (χ3v) is 6.07. The Morgan fingerprint density at radius 1 is 1.04 bits per heavy atom. The molecule has 1 aromatic rings. The van der Waals surface area contributed by atoms with Gasteiger partial charge >= 0.3 is 0 Å². The van der Waals surface area contributed by atoms with E-state index in [0.29, 0.717) is 39.4 Å². The van der Waals surface area contributed by atoms with Crippen molar-refractivity contribution in [3.8, 4) is 0 Å². The van der Waals surface area contributed by atoms with Crippen LogP contribution in [0.5, 0.6) is 0 Å². The molecule has 8 nitrogen and oxygen atoms in total. The predicted molar refractivity (Wildman–Crippen MR) is 82.4 cm³/mol. The molecule has 3 rings (SSSR count). The standard InChI is InChI=1S/C14H20N4O4S/c19-12-16-3-5-17(6-4-16)14-2-1-13(11-15-14)23(20,21)18-7-9-22-10-8-18/h1-2,11-12H,3-10H2/p+1. The van der Waals surface area contributed by atoms with Crippen LogP contribution in [0.15, 0.2) is 23.2 Å². The van der Waals surface area contributed by atoms with Crippen LogP contribution in [0.1, 0.15) is 0 Å². The summed E-state index contributed by atoms with van der Waals surface area (Å²) in [6.07, 6.45) is 2.39. The Morgan fingerprint density at radius 3 is 2.30 bits per heavy atom. The number of aromatic nitrogens is 1. The molecule has 0 bridgehead atoms. The quantitative estimate of drug-likeness (QED) is 0.643. The fourth-order valence-electron chi connectivity index (χ4n) is 2.76. The SMILES string of the molecule is O=CN1CCN(c2ccc(S(=O)(=O)N3CCOCC3)c[nH+]2)CC1. The maximum atomic E-state index is 12.5. The number of nitrogens with zero attached hydrogens (tertiary/aromatic N) is 3. The number of pyridine rings is 1. The molecular formula is C14H21N4O4S+. The summed E-state index contributed by atoms with van der Waals surface area (Å²) in [4.78, 5) is 17.9. The zero-order chi connectivity index (χ0) is 16.3. The van der Waals surface area contributed by atoms with Crippen LogP contribution in [0, 0.1) is 0 Å². The summed E-state index contributed by atoms with van der Waals surface area (Å²) in [6.45, 7) is 4.44. The predicted octanol–water partition coefficient (Wildman–Crippen LogP) is -1.20. The lowest BCUT2D eigenvalue weighted by Gasteiger charge is -2.28. The lowest BCUT2D eigenvalue weighted by molar-refractivity contribution is -0.367. The number of morpholine rings is 1. The van der Waals surface area contributed by atoms with Crippen molar-refractivity contribution in [1.82, 2.24) is 9.21 Å². The highest BCUT2D eigenvalue weighted by Crippen LogP contribution is 2.17. The van der Waals surface area contributed by atoms with Gasteiger partial charge < -0.3 is 9.64 Å². The number of carbonyl (C=O) groups excluding carboxylic acids is 1. The first kappa shape index (κ1) is 16.2. The van der Waals surface area contributed by atoms with Gasteiger partial charge in [-0.3, -0.25) is 9.69 Å². The van der Waals surface area contributed by atoms with Gasteiger partial charge in [0.15, 0.2) is 0 Å². The van der Waals surface area contributed by atoms with Gasteiger partial charge in [-0.05, 0) is 6.07 Å². The maximum absolute atomic E-state index is 12.5. The number of aromatic amines is 1. The molecule has 2 aliphatic rings. The zero-order valence-electron chi connectivity index (χ0n) is 12.8. The molecule has 2 saturated heterocycles. The average Bonchev–Trinajstić information content (AvgIpc) is 2.63. The van der Waals surface area contributed by atoms with Gasteiger partial charge in [0.2, 0.25) is 16.4 Å². The number of hydrogen-bond acceptors (Lipinski definition) is 5. The van der Waals surface area contributed by atoms with E-state index in [1.54, 1.807) is 17.0 Å². The summed E-state index contributed by atoms with van der Waals surface area (Å²) in [6, 6.07) is 3.41. The van der Waals surface area contributed by atoms with Crippen LogP contribution in [-0.2, 0) is 19.6 Å². The molecule has 3 heterocycles. The number of piperazine rings is 1. The highest BCUT2D eigenvalue weighted by atomic mass is 32.2. The van der Waals surface area contributed by atoms with Crippen LogP contribution >= 0.6 is 0 Å². The van der Waals surface area contributed by atoms with Crippen molar-refractivity contribution >= 4 is 22.3 Å². The summed E-state index contributed by atoms with van der Waals surface area (Å²) in [5, 5.41) is 0. The van der Waals surface area contributed by atoms with Gasteiger partial charge in [-0.1, -0.05) is 0 Å². The summed E-state index contributed by atoms with van der Waals surface area (Å²) in [5.74, 6) is 0.858. The maximum Gasteiger partial charge on any atom is 0.274 e. The normalized spacial score (nSPS) is 20.5. The Labute approximate surface area is 135 Å². The van der Waals surface area contributed by atoms with E-state index in [2.05, 4.69) is 9.88 Å². The Balaban J connectivity index is 1.70. The van der Waals surface area contributed by atoms with E-state index in [-0.39, 0.29) is 4.90 Å². The van der Waals surface area contributed by atoms with Gasteiger partial charge in [-0.15, -0.1) is 0 Å². The Hall–Kier alpha value is -1.71. The third kappa shape index (κ3) is 3.46. The molecule has 0 aliphatic carbocycles. The van der Waals surface area contributed by atoms with Gasteiger partial charge in [0, 0.05) is 19.2 Å². The number of anilines is 1. The highest BCUT2D eigenvalue weighted by Gasteiger charge is 2.28. The Bertz CT molecular complexity index is 635. The number of ether oxygens (including phenoxy) is 1. The molecule has 9 heteroatoms. The summed E-state index contributed by atoms with van der Waals surface area (Å²) in [5.41, 5.74) is 0. The fraction of sp³-hybridized carbons (Fsp3) is 0.571. The average molecular weight is 341 g/mol. The second-order valence-corrected chi connectivity index (χ2v) is 7.49. The second-order valence-electron chi connectivity index (χ2n) is 5.55. The van der Waals surface area contributed by atoms with Crippen molar-refractivity contribution in [3.63, 3.8) is 0 Å². The molecule has 1 aromatic heterocycles. The van der Waals surface area contributed by atoms with Crippen molar-refractivity contribution in [1.29, 1.82) is 0 Å². The molecule has 0 atom stereocenters. The van der Waals surface area contributed by atoms with Crippen molar-refractivity contribution in [3.05, 3.63) is 18.3 Å². The number of H-pyrrole nitrogens is 1. The van der Waals surface area contributed by atoms with E-state index in [9.17, 15) is 13.2 Å². The lowest BCUT2D eigenvalue weighted by atomic mass is 10.3. The van der Waals surface area contributed by atoms with E-state index in [1.165, 1.54) is 10.5 Å². The minimum Gasteiger partial charge on any atom is -0.379 e. The Morgan fingerprint density at radius 2 is 1.74 bits per heavy atom. The highest BCUT2D eigenvalue weighted by molar-refractivity contribution is 7.89. The molecule has 2 fully saturated rings. The van der Waals surface area contributed by atoms with Crippen LogP contribution in [0.25, 0.3) is 0 Å². The van der Waals surface area contributed by atoms with Gasteiger partial charge in [-0.25, -0.2) is 13.4 Å². The molecule has 2 aliphatic heterocycles. The van der Waals surface area contributed by atoms with Gasteiger partial charge in [-0.2, -0.15) is 4.31 Å². The first-order valence-corrected chi connectivity index (χ1v) is 9.09. The minimum atomic E-state index is -3.47. The lowest BCUT2D eigenvalue weighted by Crippen LogP contribution is -2.47. The minimum absolute atomic E-state index is 0.259. The summed E-state index contributed by atoms with van der Waals surface area (Å²) >= 11 is 0. The van der Waals surface area contributed by atoms with Gasteiger partial charge in [0.1, 0.15) is 24.2 Å². The molecule has 0 unspecified atom stereocenters. The van der Waals surface area contributed by atoms with E-state index >= 15 is 0 Å². The molecule has 1 N–H and O–H groups in total. The molecule has 23 heavy (non-hydrogen) atoms. The number of hydrogen-bond donors (Lipinski definition) is 0. The third-order valence-electron chi connectivity index (χ3n) is 4.18. The Kier molecular flexibility index (Phi) is 4.79. The zero-order valence-corrected chi connectivity index (χ0v) is 13.7. The molecule has 0 radical (unpaired) electrons. The first-order valence-electron chi connectivity index (χ1n) is 7.65. The number of amides is 1. The van der Waals surface area contributed by atoms with Crippen LogP contribution in [0.2, 0.25) is 0 Å². The van der Waals surface area contributed by atoms with Crippen molar-refractivity contribution in [2.75, 3.05) is 57.4 Å². The van der Waals surface area contributed by atoms with E-state index in [1.807, 2.05) is 0 Å². The van der Waals surface area contributed by atoms with Crippen LogP contribution in [-0.4, -0.2) is 76.5 Å². The van der Waals surface area contributed by atoms with Crippen LogP contribution < -0.4 is 9.88 Å². The smallest absolute Gasteiger partial charge is 0.274 e. The van der Waals surface area contributed by atoms with Crippen molar-refractivity contribution in [2.45, 2.75) is 4.90 Å². The first-order chi connectivity index (χ1) is 11.1. The van der Waals surface area contributed by atoms with Gasteiger partial charge in [0.25, 0.3) is 5.82 Å². The number of rotatable bonds is 4. The second kappa shape index (κ2) is 6.81. The van der Waals surface area contributed by atoms with E-state index in [4.69, 9.17) is 4.74 Å². The number of sulfonamides is 1. The molecule has 1 amide bonds. The number of carbonyl (C=O) groups is 1. The molecule has 0 aromatic carbocycles. The molecular weight excluding hydrogens is 320 g/mol. The van der Waals surface area contributed by atoms with Gasteiger partial charge in [0.05, 0.1) is 26.3 Å². The van der Waals surface area contributed by atoms with E-state index < -0.39 is 10.0 Å². The number of nitrogens with one attached hydrogen (secondary N) is 1. The van der Waals surface area contributed by atoms with Crippen LogP contribution in [0.4, 0.5) is 5.82 Å². The van der Waals surface area contributed by atoms with Crippen molar-refractivity contribution in [2.24, 2.45) is 0 Å². The molecule has 126 valence electrons. The molecule has 0 saturated carbocycles. The van der Waals surface area contributed by atoms with Crippen molar-refractivity contribution < 1.29 is 22.9 Å². The van der Waals surface area contributed by atoms with Crippen LogP contribution in [0.3, 0.4) is 0 Å². The monoisotopic (exact) mass is 341 g/mol. The fourth-order valence-corrected chi connectivity index (χ4v) is 4.14. The molecule has 0 spiro atoms. The van der Waals surface area contributed by atoms with E-state index in [0.717, 1.165) is 25.3 Å². The summed E-state index contributed by atoms with van der Waals surface area (Å²) in [7, 11) is -3.47. The summed E-state index contributed by atoms with van der Waals surface area (Å²) < 4.78 is 31.7. The topological polar surface area (TPSA) is 84.3 Å². The largest absolute Gasteiger partial charge is 0.379 e.